The van der Waals surface area contributed by atoms with Crippen LogP contribution in [0.3, 0.4) is 0 Å². The summed E-state index contributed by atoms with van der Waals surface area (Å²) in [6.07, 6.45) is 0.528. The maximum atomic E-state index is 12.7. The van der Waals surface area contributed by atoms with Crippen molar-refractivity contribution in [1.29, 1.82) is 0 Å². The molecule has 0 bridgehead atoms. The van der Waals surface area contributed by atoms with Gasteiger partial charge in [0.2, 0.25) is 10.0 Å². The average Bonchev–Trinajstić information content (AvgIpc) is 3.24. The SMILES string of the molecule is Cc1oc(C(=O)N2CCOC(C(=O)O)C2)cc1S(=O)(=O)N1CCCC1. The van der Waals surface area contributed by atoms with Crippen molar-refractivity contribution in [3.8, 4) is 0 Å². The van der Waals surface area contributed by atoms with E-state index in [4.69, 9.17) is 14.3 Å². The zero-order valence-electron chi connectivity index (χ0n) is 13.8. The Hall–Kier alpha value is -1.91. The summed E-state index contributed by atoms with van der Waals surface area (Å²) in [6.45, 7) is 2.62. The number of nitrogens with zero attached hydrogens (tertiary/aromatic N) is 2. The summed E-state index contributed by atoms with van der Waals surface area (Å²) in [5.74, 6) is -1.65. The molecule has 0 aromatic carbocycles. The van der Waals surface area contributed by atoms with Crippen LogP contribution < -0.4 is 0 Å². The summed E-state index contributed by atoms with van der Waals surface area (Å²) < 4.78 is 37.2. The molecule has 138 valence electrons. The molecule has 3 heterocycles. The van der Waals surface area contributed by atoms with Gasteiger partial charge in [-0.3, -0.25) is 4.79 Å². The van der Waals surface area contributed by atoms with Crippen molar-refractivity contribution in [2.24, 2.45) is 0 Å². The Kier molecular flexibility index (Phi) is 4.85. The van der Waals surface area contributed by atoms with Gasteiger partial charge in [-0.15, -0.1) is 0 Å². The molecule has 1 aromatic rings. The molecule has 1 N–H and O–H groups in total. The fraction of sp³-hybridized carbons (Fsp3) is 0.600. The van der Waals surface area contributed by atoms with Gasteiger partial charge in [0.25, 0.3) is 5.91 Å². The van der Waals surface area contributed by atoms with Gasteiger partial charge in [-0.2, -0.15) is 4.31 Å². The summed E-state index contributed by atoms with van der Waals surface area (Å²) in [5, 5.41) is 9.01. The van der Waals surface area contributed by atoms with Crippen molar-refractivity contribution in [1.82, 2.24) is 9.21 Å². The van der Waals surface area contributed by atoms with E-state index in [0.717, 1.165) is 12.8 Å². The molecule has 1 unspecified atom stereocenters. The number of aliphatic carboxylic acids is 1. The van der Waals surface area contributed by atoms with E-state index in [1.807, 2.05) is 0 Å². The van der Waals surface area contributed by atoms with E-state index in [2.05, 4.69) is 0 Å². The number of furan rings is 1. The third kappa shape index (κ3) is 3.42. The van der Waals surface area contributed by atoms with E-state index >= 15 is 0 Å². The lowest BCUT2D eigenvalue weighted by Crippen LogP contribution is -2.48. The van der Waals surface area contributed by atoms with Gasteiger partial charge < -0.3 is 19.2 Å². The number of aryl methyl sites for hydroxylation is 1. The minimum absolute atomic E-state index is 0.0132. The quantitative estimate of drug-likeness (QED) is 0.807. The van der Waals surface area contributed by atoms with E-state index in [-0.39, 0.29) is 36.1 Å². The van der Waals surface area contributed by atoms with Crippen molar-refractivity contribution in [2.45, 2.75) is 30.8 Å². The number of hydrogen-bond donors (Lipinski definition) is 1. The molecule has 3 rings (SSSR count). The van der Waals surface area contributed by atoms with Gasteiger partial charge >= 0.3 is 5.97 Å². The van der Waals surface area contributed by atoms with Crippen LogP contribution in [0, 0.1) is 6.92 Å². The molecule has 0 aliphatic carbocycles. The molecule has 0 spiro atoms. The highest BCUT2D eigenvalue weighted by Crippen LogP contribution is 2.27. The summed E-state index contributed by atoms with van der Waals surface area (Å²) in [5.41, 5.74) is 0. The number of carboxylic acids is 1. The third-order valence-corrected chi connectivity index (χ3v) is 6.40. The van der Waals surface area contributed by atoms with Crippen LogP contribution in [-0.4, -0.2) is 73.5 Å². The molecule has 25 heavy (non-hydrogen) atoms. The van der Waals surface area contributed by atoms with Crippen molar-refractivity contribution < 1.29 is 32.3 Å². The minimum atomic E-state index is -3.69. The summed E-state index contributed by atoms with van der Waals surface area (Å²) in [4.78, 5) is 24.9. The fourth-order valence-electron chi connectivity index (χ4n) is 3.03. The van der Waals surface area contributed by atoms with Crippen LogP contribution in [-0.2, 0) is 19.6 Å². The molecule has 2 saturated heterocycles. The number of carbonyl (C=O) groups excluding carboxylic acids is 1. The number of morpholine rings is 1. The Balaban J connectivity index is 1.82. The number of rotatable bonds is 4. The smallest absolute Gasteiger partial charge is 0.334 e. The normalized spacial score (nSPS) is 22.3. The topological polar surface area (TPSA) is 117 Å². The van der Waals surface area contributed by atoms with E-state index in [1.165, 1.54) is 22.2 Å². The largest absolute Gasteiger partial charge is 0.479 e. The van der Waals surface area contributed by atoms with E-state index in [1.54, 1.807) is 0 Å². The van der Waals surface area contributed by atoms with Crippen LogP contribution in [0.2, 0.25) is 0 Å². The molecule has 10 heteroatoms. The summed E-state index contributed by atoms with van der Waals surface area (Å²) in [7, 11) is -3.69. The van der Waals surface area contributed by atoms with Crippen LogP contribution in [0.25, 0.3) is 0 Å². The van der Waals surface area contributed by atoms with Crippen LogP contribution in [0.15, 0.2) is 15.4 Å². The third-order valence-electron chi connectivity index (χ3n) is 4.39. The maximum absolute atomic E-state index is 12.7. The van der Waals surface area contributed by atoms with Crippen LogP contribution in [0.5, 0.6) is 0 Å². The number of sulfonamides is 1. The monoisotopic (exact) mass is 372 g/mol. The van der Waals surface area contributed by atoms with Crippen LogP contribution in [0.1, 0.15) is 29.2 Å². The molecule has 1 aromatic heterocycles. The first-order valence-corrected chi connectivity index (χ1v) is 9.49. The Morgan fingerprint density at radius 3 is 2.56 bits per heavy atom. The van der Waals surface area contributed by atoms with Gasteiger partial charge in [0.1, 0.15) is 10.7 Å². The zero-order valence-corrected chi connectivity index (χ0v) is 14.6. The average molecular weight is 372 g/mol. The predicted molar refractivity (Wildman–Crippen MR) is 84.7 cm³/mol. The lowest BCUT2D eigenvalue weighted by Gasteiger charge is -2.30. The number of amides is 1. The first-order valence-electron chi connectivity index (χ1n) is 8.05. The standard InChI is InChI=1S/C15H20N2O7S/c1-10-13(25(21,22)17-4-2-3-5-17)8-11(24-10)14(18)16-6-7-23-12(9-16)15(19)20/h8,12H,2-7,9H2,1H3,(H,19,20). The van der Waals surface area contributed by atoms with Gasteiger partial charge in [0.15, 0.2) is 11.9 Å². The number of carboxylic acid groups (broad SMARTS) is 1. The Morgan fingerprint density at radius 1 is 1.24 bits per heavy atom. The van der Waals surface area contributed by atoms with Crippen molar-refractivity contribution in [3.63, 3.8) is 0 Å². The van der Waals surface area contributed by atoms with Gasteiger partial charge in [-0.25, -0.2) is 13.2 Å². The zero-order chi connectivity index (χ0) is 18.2. The molecule has 0 saturated carbocycles. The lowest BCUT2D eigenvalue weighted by atomic mass is 10.2. The number of ether oxygens (including phenoxy) is 1. The van der Waals surface area contributed by atoms with E-state index < -0.39 is 28.0 Å². The van der Waals surface area contributed by atoms with Crippen LogP contribution >= 0.6 is 0 Å². The molecule has 0 radical (unpaired) electrons. The number of carbonyl (C=O) groups is 2. The first-order chi connectivity index (χ1) is 11.8. The molecule has 2 aliphatic heterocycles. The summed E-state index contributed by atoms with van der Waals surface area (Å²) >= 11 is 0. The lowest BCUT2D eigenvalue weighted by molar-refractivity contribution is -0.154. The van der Waals surface area contributed by atoms with Crippen LogP contribution in [0.4, 0.5) is 0 Å². The Labute approximate surface area is 145 Å². The maximum Gasteiger partial charge on any atom is 0.334 e. The Morgan fingerprint density at radius 2 is 1.92 bits per heavy atom. The Bertz CT molecular complexity index is 780. The fourth-order valence-corrected chi connectivity index (χ4v) is 4.71. The van der Waals surface area contributed by atoms with Crippen molar-refractivity contribution in [2.75, 3.05) is 32.8 Å². The minimum Gasteiger partial charge on any atom is -0.479 e. The molecule has 1 amide bonds. The number of hydrogen-bond acceptors (Lipinski definition) is 6. The van der Waals surface area contributed by atoms with Gasteiger partial charge in [-0.1, -0.05) is 0 Å². The summed E-state index contributed by atoms with van der Waals surface area (Å²) in [6, 6.07) is 1.23. The van der Waals surface area contributed by atoms with Gasteiger partial charge in [0.05, 0.1) is 13.2 Å². The van der Waals surface area contributed by atoms with Gasteiger partial charge in [-0.05, 0) is 19.8 Å². The second-order valence-corrected chi connectivity index (χ2v) is 8.00. The highest BCUT2D eigenvalue weighted by molar-refractivity contribution is 7.89. The van der Waals surface area contributed by atoms with E-state index in [0.29, 0.717) is 13.1 Å². The second kappa shape index (κ2) is 6.77. The molecule has 2 fully saturated rings. The molecular weight excluding hydrogens is 352 g/mol. The predicted octanol–water partition coefficient (Wildman–Crippen LogP) is 0.298. The highest BCUT2D eigenvalue weighted by atomic mass is 32.2. The van der Waals surface area contributed by atoms with Crippen molar-refractivity contribution in [3.05, 3.63) is 17.6 Å². The second-order valence-electron chi connectivity index (χ2n) is 6.09. The van der Waals surface area contributed by atoms with Gasteiger partial charge in [0, 0.05) is 25.7 Å². The molecule has 9 nitrogen and oxygen atoms in total. The van der Waals surface area contributed by atoms with E-state index in [9.17, 15) is 18.0 Å². The molecular formula is C15H20N2O7S. The first kappa shape index (κ1) is 17.9. The molecule has 2 aliphatic rings. The highest BCUT2D eigenvalue weighted by Gasteiger charge is 2.34. The van der Waals surface area contributed by atoms with Crippen molar-refractivity contribution >= 4 is 21.9 Å². The molecule has 1 atom stereocenters.